The van der Waals surface area contributed by atoms with Gasteiger partial charge in [-0.1, -0.05) is 35.0 Å². The molecule has 0 bridgehead atoms. The van der Waals surface area contributed by atoms with E-state index in [9.17, 15) is 14.4 Å². The number of aryl methyl sites for hydroxylation is 2. The zero-order valence-corrected chi connectivity index (χ0v) is 15.7. The van der Waals surface area contributed by atoms with Crippen LogP contribution in [0.15, 0.2) is 34.9 Å². The highest BCUT2D eigenvalue weighted by molar-refractivity contribution is 6.39. The minimum atomic E-state index is -0.905. The number of hydrogen-bond donors (Lipinski definition) is 2. The van der Waals surface area contributed by atoms with Gasteiger partial charge in [0, 0.05) is 6.07 Å². The van der Waals surface area contributed by atoms with Gasteiger partial charge < -0.3 is 14.6 Å². The van der Waals surface area contributed by atoms with Gasteiger partial charge in [-0.25, -0.2) is 0 Å². The molecule has 8 heteroatoms. The standard InChI is InChI=1S/C19H23N3O5/c1-11(2)26-17(23)10-15(14-7-5-12(3)6-8-14)20-18(24)19(25)21-16-9-13(4)27-22-16/h5-9,11,15H,10H2,1-4H3,(H,20,24)(H,21,22,25). The summed E-state index contributed by atoms with van der Waals surface area (Å²) in [6.07, 6.45) is -0.367. The van der Waals surface area contributed by atoms with Crippen LogP contribution in [0.4, 0.5) is 5.82 Å². The van der Waals surface area contributed by atoms with Gasteiger partial charge in [-0.2, -0.15) is 0 Å². The van der Waals surface area contributed by atoms with E-state index < -0.39 is 23.8 Å². The van der Waals surface area contributed by atoms with Crippen molar-refractivity contribution in [1.29, 1.82) is 0 Å². The average molecular weight is 373 g/mol. The molecule has 2 amide bonds. The monoisotopic (exact) mass is 373 g/mol. The van der Waals surface area contributed by atoms with Crippen LogP contribution in [0.25, 0.3) is 0 Å². The van der Waals surface area contributed by atoms with Crippen molar-refractivity contribution in [3.63, 3.8) is 0 Å². The minimum Gasteiger partial charge on any atom is -0.463 e. The lowest BCUT2D eigenvalue weighted by Crippen LogP contribution is -2.39. The Balaban J connectivity index is 2.09. The van der Waals surface area contributed by atoms with Crippen LogP contribution in [-0.2, 0) is 19.1 Å². The lowest BCUT2D eigenvalue weighted by Gasteiger charge is -2.19. The van der Waals surface area contributed by atoms with E-state index in [0.717, 1.165) is 5.56 Å². The summed E-state index contributed by atoms with van der Waals surface area (Å²) in [6.45, 7) is 7.07. The number of hydrogen-bond acceptors (Lipinski definition) is 6. The molecule has 0 saturated heterocycles. The number of carbonyl (C=O) groups is 3. The van der Waals surface area contributed by atoms with Gasteiger partial charge in [0.2, 0.25) is 0 Å². The largest absolute Gasteiger partial charge is 0.463 e. The van der Waals surface area contributed by atoms with Gasteiger partial charge in [-0.05, 0) is 33.3 Å². The first-order valence-electron chi connectivity index (χ1n) is 8.56. The average Bonchev–Trinajstić information content (AvgIpc) is 2.99. The van der Waals surface area contributed by atoms with E-state index in [1.165, 1.54) is 6.07 Å². The van der Waals surface area contributed by atoms with Crippen LogP contribution >= 0.6 is 0 Å². The molecule has 1 aromatic heterocycles. The molecule has 1 heterocycles. The van der Waals surface area contributed by atoms with E-state index in [4.69, 9.17) is 9.26 Å². The molecule has 0 aliphatic carbocycles. The molecule has 0 aliphatic heterocycles. The van der Waals surface area contributed by atoms with Gasteiger partial charge in [0.1, 0.15) is 5.76 Å². The Hall–Kier alpha value is -3.16. The molecule has 2 N–H and O–H groups in total. The molecular formula is C19H23N3O5. The molecule has 1 aromatic carbocycles. The molecule has 0 spiro atoms. The van der Waals surface area contributed by atoms with Crippen molar-refractivity contribution in [2.24, 2.45) is 0 Å². The van der Waals surface area contributed by atoms with E-state index >= 15 is 0 Å². The molecule has 8 nitrogen and oxygen atoms in total. The molecule has 144 valence electrons. The third-order valence-corrected chi connectivity index (χ3v) is 3.60. The maximum atomic E-state index is 12.3. The van der Waals surface area contributed by atoms with Crippen LogP contribution in [-0.4, -0.2) is 29.0 Å². The summed E-state index contributed by atoms with van der Waals surface area (Å²) in [6, 6.07) is 8.10. The van der Waals surface area contributed by atoms with Gasteiger partial charge in [-0.15, -0.1) is 0 Å². The van der Waals surface area contributed by atoms with Crippen LogP contribution in [0.3, 0.4) is 0 Å². The Morgan fingerprint density at radius 3 is 2.33 bits per heavy atom. The molecule has 0 fully saturated rings. The highest BCUT2D eigenvalue weighted by Crippen LogP contribution is 2.19. The summed E-state index contributed by atoms with van der Waals surface area (Å²) in [4.78, 5) is 36.4. The Morgan fingerprint density at radius 1 is 1.11 bits per heavy atom. The van der Waals surface area contributed by atoms with Crippen molar-refractivity contribution in [2.75, 3.05) is 5.32 Å². The highest BCUT2D eigenvalue weighted by Gasteiger charge is 2.24. The molecule has 0 saturated carbocycles. The van der Waals surface area contributed by atoms with E-state index in [0.29, 0.717) is 11.3 Å². The fourth-order valence-electron chi connectivity index (χ4n) is 2.35. The Labute approximate surface area is 157 Å². The maximum Gasteiger partial charge on any atom is 0.314 e. The lowest BCUT2D eigenvalue weighted by molar-refractivity contribution is -0.148. The third-order valence-electron chi connectivity index (χ3n) is 3.60. The Bertz CT molecular complexity index is 811. The predicted molar refractivity (Wildman–Crippen MR) is 97.8 cm³/mol. The van der Waals surface area contributed by atoms with Gasteiger partial charge in [0.15, 0.2) is 5.82 Å². The fraction of sp³-hybridized carbons (Fsp3) is 0.368. The van der Waals surface area contributed by atoms with E-state index in [1.54, 1.807) is 32.9 Å². The van der Waals surface area contributed by atoms with Gasteiger partial charge >= 0.3 is 17.8 Å². The number of rotatable bonds is 6. The third kappa shape index (κ3) is 6.25. The number of aromatic nitrogens is 1. The zero-order chi connectivity index (χ0) is 20.0. The van der Waals surface area contributed by atoms with Crippen molar-refractivity contribution in [2.45, 2.75) is 46.3 Å². The second-order valence-corrected chi connectivity index (χ2v) is 6.46. The van der Waals surface area contributed by atoms with Crippen molar-refractivity contribution >= 4 is 23.6 Å². The van der Waals surface area contributed by atoms with Crippen LogP contribution in [0.2, 0.25) is 0 Å². The fourth-order valence-corrected chi connectivity index (χ4v) is 2.35. The Kier molecular flexibility index (Phi) is 6.70. The summed E-state index contributed by atoms with van der Waals surface area (Å²) in [7, 11) is 0. The first-order chi connectivity index (χ1) is 12.7. The SMILES string of the molecule is Cc1ccc(C(CC(=O)OC(C)C)NC(=O)C(=O)Nc2cc(C)on2)cc1. The molecule has 1 unspecified atom stereocenters. The maximum absolute atomic E-state index is 12.3. The molecule has 27 heavy (non-hydrogen) atoms. The van der Waals surface area contributed by atoms with Crippen LogP contribution in [0.5, 0.6) is 0 Å². The summed E-state index contributed by atoms with van der Waals surface area (Å²) in [5.74, 6) is -1.63. The Morgan fingerprint density at radius 2 is 1.78 bits per heavy atom. The van der Waals surface area contributed by atoms with Crippen molar-refractivity contribution in [3.05, 3.63) is 47.2 Å². The molecule has 2 rings (SSSR count). The van der Waals surface area contributed by atoms with Gasteiger partial charge in [-0.3, -0.25) is 19.7 Å². The van der Waals surface area contributed by atoms with Gasteiger partial charge in [0.05, 0.1) is 18.6 Å². The normalized spacial score (nSPS) is 11.7. The minimum absolute atomic E-state index is 0.0939. The lowest BCUT2D eigenvalue weighted by atomic mass is 10.0. The van der Waals surface area contributed by atoms with E-state index in [2.05, 4.69) is 15.8 Å². The molecular weight excluding hydrogens is 350 g/mol. The number of benzene rings is 1. The number of esters is 1. The van der Waals surface area contributed by atoms with Crippen molar-refractivity contribution in [3.8, 4) is 0 Å². The predicted octanol–water partition coefficient (Wildman–Crippen LogP) is 2.43. The number of nitrogens with zero attached hydrogens (tertiary/aromatic N) is 1. The van der Waals surface area contributed by atoms with Crippen molar-refractivity contribution < 1.29 is 23.6 Å². The van der Waals surface area contributed by atoms with Crippen LogP contribution < -0.4 is 10.6 Å². The summed E-state index contributed by atoms with van der Waals surface area (Å²) < 4.78 is 9.99. The molecule has 0 aliphatic rings. The number of anilines is 1. The number of ether oxygens (including phenoxy) is 1. The number of carbonyl (C=O) groups excluding carboxylic acids is 3. The summed E-state index contributed by atoms with van der Waals surface area (Å²) in [5, 5.41) is 8.52. The molecule has 0 radical (unpaired) electrons. The van der Waals surface area contributed by atoms with Crippen LogP contribution in [0.1, 0.15) is 43.2 Å². The zero-order valence-electron chi connectivity index (χ0n) is 15.7. The smallest absolute Gasteiger partial charge is 0.314 e. The summed E-state index contributed by atoms with van der Waals surface area (Å²) >= 11 is 0. The van der Waals surface area contributed by atoms with Gasteiger partial charge in [0.25, 0.3) is 0 Å². The van der Waals surface area contributed by atoms with Crippen molar-refractivity contribution in [1.82, 2.24) is 10.5 Å². The number of nitrogens with one attached hydrogen (secondary N) is 2. The highest BCUT2D eigenvalue weighted by atomic mass is 16.5. The second-order valence-electron chi connectivity index (χ2n) is 6.46. The van der Waals surface area contributed by atoms with Crippen LogP contribution in [0, 0.1) is 13.8 Å². The second kappa shape index (κ2) is 8.98. The van der Waals surface area contributed by atoms with E-state index in [1.807, 2.05) is 19.1 Å². The molecule has 1 atom stereocenters. The summed E-state index contributed by atoms with van der Waals surface area (Å²) in [5.41, 5.74) is 1.73. The molecule has 2 aromatic rings. The van der Waals surface area contributed by atoms with E-state index in [-0.39, 0.29) is 18.3 Å². The quantitative estimate of drug-likeness (QED) is 0.594. The topological polar surface area (TPSA) is 111 Å². The number of amides is 2. The first kappa shape index (κ1) is 20.2. The first-order valence-corrected chi connectivity index (χ1v) is 8.56.